The van der Waals surface area contributed by atoms with Crippen molar-refractivity contribution in [1.82, 2.24) is 0 Å². The van der Waals surface area contributed by atoms with Gasteiger partial charge in [-0.1, -0.05) is 51.3 Å². The van der Waals surface area contributed by atoms with Crippen molar-refractivity contribution in [3.63, 3.8) is 0 Å². The Morgan fingerprint density at radius 3 is 2.80 bits per heavy atom. The Labute approximate surface area is 122 Å². The highest BCUT2D eigenvalue weighted by atomic mass is 16.5. The fourth-order valence-corrected chi connectivity index (χ4v) is 2.45. The van der Waals surface area contributed by atoms with Crippen LogP contribution in [0.1, 0.15) is 56.6 Å². The monoisotopic (exact) mass is 272 g/mol. The molecule has 2 nitrogen and oxygen atoms in total. The van der Waals surface area contributed by atoms with Gasteiger partial charge in [-0.2, -0.15) is 0 Å². The van der Waals surface area contributed by atoms with E-state index >= 15 is 0 Å². The zero-order valence-corrected chi connectivity index (χ0v) is 12.4. The van der Waals surface area contributed by atoms with Crippen molar-refractivity contribution in [3.8, 4) is 5.75 Å². The molecule has 108 valence electrons. The number of unbranched alkanes of at least 4 members (excludes halogenated alkanes) is 5. The molecule has 1 aliphatic rings. The first-order valence-corrected chi connectivity index (χ1v) is 7.64. The van der Waals surface area contributed by atoms with Gasteiger partial charge in [0.2, 0.25) is 0 Å². The van der Waals surface area contributed by atoms with Crippen LogP contribution < -0.4 is 4.74 Å². The number of hydrogen-bond donors (Lipinski definition) is 0. The van der Waals surface area contributed by atoms with Crippen molar-refractivity contribution >= 4 is 5.76 Å². The predicted octanol–water partition coefficient (Wildman–Crippen LogP) is 5.08. The summed E-state index contributed by atoms with van der Waals surface area (Å²) in [7, 11) is 0. The van der Waals surface area contributed by atoms with E-state index < -0.39 is 0 Å². The summed E-state index contributed by atoms with van der Waals surface area (Å²) in [5, 5.41) is 0. The first-order chi connectivity index (χ1) is 9.85. The van der Waals surface area contributed by atoms with E-state index in [4.69, 9.17) is 9.47 Å². The van der Waals surface area contributed by atoms with Gasteiger partial charge in [-0.25, -0.2) is 0 Å². The van der Waals surface area contributed by atoms with Gasteiger partial charge in [0.15, 0.2) is 5.76 Å². The standard InChI is InChI=1S/C18H24O2/c1-3-5-6-7-8-9-12-19-16-10-11-17-15(13-16)14-20-18(17)4-2/h10-11,13H,2-3,5-9,12,14H2,1H3. The summed E-state index contributed by atoms with van der Waals surface area (Å²) >= 11 is 0. The lowest BCUT2D eigenvalue weighted by Crippen LogP contribution is -1.98. The van der Waals surface area contributed by atoms with Crippen molar-refractivity contribution in [3.05, 3.63) is 41.6 Å². The molecule has 0 unspecified atom stereocenters. The maximum atomic E-state index is 5.81. The molecule has 1 heterocycles. The van der Waals surface area contributed by atoms with Gasteiger partial charge in [-0.05, 0) is 24.6 Å². The Morgan fingerprint density at radius 1 is 1.20 bits per heavy atom. The third-order valence-corrected chi connectivity index (χ3v) is 3.62. The molecule has 0 fully saturated rings. The van der Waals surface area contributed by atoms with Crippen LogP contribution in [-0.2, 0) is 11.3 Å². The van der Waals surface area contributed by atoms with Crippen LogP contribution >= 0.6 is 0 Å². The molecule has 0 N–H and O–H groups in total. The van der Waals surface area contributed by atoms with Crippen molar-refractivity contribution in [2.45, 2.75) is 52.1 Å². The van der Waals surface area contributed by atoms with Crippen molar-refractivity contribution in [1.29, 1.82) is 0 Å². The molecular formula is C18H24O2. The molecular weight excluding hydrogens is 248 g/mol. The van der Waals surface area contributed by atoms with E-state index in [0.29, 0.717) is 6.61 Å². The van der Waals surface area contributed by atoms with Crippen LogP contribution in [0.2, 0.25) is 0 Å². The Hall–Kier alpha value is -1.66. The molecule has 0 saturated carbocycles. The number of rotatable bonds is 8. The second-order valence-electron chi connectivity index (χ2n) is 5.23. The highest BCUT2D eigenvalue weighted by Crippen LogP contribution is 2.31. The topological polar surface area (TPSA) is 18.5 Å². The minimum Gasteiger partial charge on any atom is -0.494 e. The quantitative estimate of drug-likeness (QED) is 0.485. The fourth-order valence-electron chi connectivity index (χ4n) is 2.45. The summed E-state index contributed by atoms with van der Waals surface area (Å²) in [5.41, 5.74) is 5.07. The normalized spacial score (nSPS) is 12.8. The van der Waals surface area contributed by atoms with E-state index in [0.717, 1.165) is 35.7 Å². The molecule has 2 heteroatoms. The fraction of sp³-hybridized carbons (Fsp3) is 0.500. The van der Waals surface area contributed by atoms with E-state index in [1.54, 1.807) is 0 Å². The summed E-state index contributed by atoms with van der Waals surface area (Å²) in [6, 6.07) is 6.10. The smallest absolute Gasteiger partial charge is 0.169 e. The summed E-state index contributed by atoms with van der Waals surface area (Å²) in [4.78, 5) is 0. The van der Waals surface area contributed by atoms with E-state index in [1.807, 2.05) is 12.1 Å². The van der Waals surface area contributed by atoms with Crippen LogP contribution in [0.25, 0.3) is 5.76 Å². The van der Waals surface area contributed by atoms with E-state index in [9.17, 15) is 0 Å². The molecule has 2 rings (SSSR count). The largest absolute Gasteiger partial charge is 0.494 e. The lowest BCUT2D eigenvalue weighted by Gasteiger charge is -2.07. The second kappa shape index (κ2) is 7.81. The molecule has 1 aliphatic heterocycles. The molecule has 20 heavy (non-hydrogen) atoms. The van der Waals surface area contributed by atoms with Crippen LogP contribution in [0.3, 0.4) is 0 Å². The Kier molecular flexibility index (Phi) is 5.76. The minimum absolute atomic E-state index is 0.599. The summed E-state index contributed by atoms with van der Waals surface area (Å²) in [6.07, 6.45) is 7.72. The molecule has 0 bridgehead atoms. The highest BCUT2D eigenvalue weighted by Gasteiger charge is 2.17. The first-order valence-electron chi connectivity index (χ1n) is 7.64. The number of ether oxygens (including phenoxy) is 2. The predicted molar refractivity (Wildman–Crippen MR) is 82.6 cm³/mol. The first kappa shape index (κ1) is 14.7. The van der Waals surface area contributed by atoms with Gasteiger partial charge in [-0.15, -0.1) is 0 Å². The lowest BCUT2D eigenvalue weighted by atomic mass is 10.1. The van der Waals surface area contributed by atoms with E-state index in [2.05, 4.69) is 25.3 Å². The van der Waals surface area contributed by atoms with E-state index in [-0.39, 0.29) is 0 Å². The Morgan fingerprint density at radius 2 is 2.00 bits per heavy atom. The Bertz CT molecular complexity index is 484. The lowest BCUT2D eigenvalue weighted by molar-refractivity contribution is 0.283. The molecule has 0 saturated heterocycles. The zero-order chi connectivity index (χ0) is 14.2. The summed E-state index contributed by atoms with van der Waals surface area (Å²) in [5.74, 6) is 1.69. The van der Waals surface area contributed by atoms with Crippen molar-refractivity contribution in [2.24, 2.45) is 0 Å². The van der Waals surface area contributed by atoms with Gasteiger partial charge in [0.05, 0.1) is 6.61 Å². The van der Waals surface area contributed by atoms with Gasteiger partial charge in [-0.3, -0.25) is 0 Å². The van der Waals surface area contributed by atoms with Crippen molar-refractivity contribution < 1.29 is 9.47 Å². The number of hydrogen-bond acceptors (Lipinski definition) is 2. The molecule has 1 aromatic rings. The van der Waals surface area contributed by atoms with Gasteiger partial charge < -0.3 is 9.47 Å². The zero-order valence-electron chi connectivity index (χ0n) is 12.4. The molecule has 1 aromatic carbocycles. The van der Waals surface area contributed by atoms with Gasteiger partial charge in [0, 0.05) is 11.1 Å². The molecule has 0 atom stereocenters. The molecule has 0 radical (unpaired) electrons. The van der Waals surface area contributed by atoms with Crippen LogP contribution in [0.15, 0.2) is 30.5 Å². The third-order valence-electron chi connectivity index (χ3n) is 3.62. The molecule has 0 spiro atoms. The second-order valence-corrected chi connectivity index (χ2v) is 5.23. The third kappa shape index (κ3) is 3.91. The SMILES string of the molecule is C=C=C1OCc2cc(OCCCCCCCC)ccc21. The summed E-state index contributed by atoms with van der Waals surface area (Å²) < 4.78 is 11.3. The van der Waals surface area contributed by atoms with Crippen LogP contribution in [0.5, 0.6) is 5.75 Å². The van der Waals surface area contributed by atoms with Crippen molar-refractivity contribution in [2.75, 3.05) is 6.61 Å². The summed E-state index contributed by atoms with van der Waals surface area (Å²) in [6.45, 7) is 7.28. The van der Waals surface area contributed by atoms with Crippen LogP contribution in [0, 0.1) is 0 Å². The number of benzene rings is 1. The van der Waals surface area contributed by atoms with Gasteiger partial charge in [0.1, 0.15) is 12.4 Å². The molecule has 0 aliphatic carbocycles. The average Bonchev–Trinajstić information content (AvgIpc) is 2.88. The van der Waals surface area contributed by atoms with Crippen LogP contribution in [0.4, 0.5) is 0 Å². The van der Waals surface area contributed by atoms with Crippen LogP contribution in [-0.4, -0.2) is 6.61 Å². The molecule has 0 amide bonds. The Balaban J connectivity index is 1.74. The molecule has 0 aromatic heterocycles. The average molecular weight is 272 g/mol. The maximum Gasteiger partial charge on any atom is 0.169 e. The van der Waals surface area contributed by atoms with Gasteiger partial charge >= 0.3 is 0 Å². The highest BCUT2D eigenvalue weighted by molar-refractivity contribution is 5.66. The van der Waals surface area contributed by atoms with E-state index in [1.165, 1.54) is 32.1 Å². The maximum absolute atomic E-state index is 5.81. The van der Waals surface area contributed by atoms with Gasteiger partial charge in [0.25, 0.3) is 0 Å². The minimum atomic E-state index is 0.599. The number of fused-ring (bicyclic) bond motifs is 1.